The molecule has 0 rings (SSSR count). The molecule has 0 N–H and O–H groups in total. The van der Waals surface area contributed by atoms with Gasteiger partial charge in [-0.1, -0.05) is 0 Å². The van der Waals surface area contributed by atoms with E-state index >= 15 is 0 Å². The predicted octanol–water partition coefficient (Wildman–Crippen LogP) is 0.276. The van der Waals surface area contributed by atoms with Crippen molar-refractivity contribution in [3.63, 3.8) is 0 Å². The summed E-state index contributed by atoms with van der Waals surface area (Å²) in [4.78, 5) is 68.7. The maximum atomic E-state index is 12.0. The number of carbonyl (C=O) groups excluding carboxylic acids is 6. The number of hydrogen-bond donors (Lipinski definition) is 0. The van der Waals surface area contributed by atoms with E-state index in [0.717, 1.165) is 0 Å². The van der Waals surface area contributed by atoms with E-state index in [1.807, 2.05) is 0 Å². The molecule has 0 aliphatic rings. The summed E-state index contributed by atoms with van der Waals surface area (Å²) in [5.41, 5.74) is -4.64. The first-order chi connectivity index (χ1) is 11.2. The number of rotatable bonds is 9. The van der Waals surface area contributed by atoms with Gasteiger partial charge < -0.3 is 0 Å². The van der Waals surface area contributed by atoms with Gasteiger partial charge in [-0.2, -0.15) is 0 Å². The fourth-order valence-corrected chi connectivity index (χ4v) is 5.44. The van der Waals surface area contributed by atoms with Crippen LogP contribution in [-0.4, -0.2) is 59.5 Å². The normalized spacial score (nSPS) is 11.8. The van der Waals surface area contributed by atoms with Crippen LogP contribution in [0.1, 0.15) is 41.5 Å². The Kier molecular flexibility index (Phi) is 8.01. The van der Waals surface area contributed by atoms with Crippen molar-refractivity contribution < 1.29 is 37.3 Å². The third-order valence-electron chi connectivity index (χ3n) is 3.07. The molecule has 0 fully saturated rings. The fourth-order valence-electron chi connectivity index (χ4n) is 0.934. The van der Waals surface area contributed by atoms with Crippen LogP contribution in [0.2, 0.25) is 0 Å². The standard InChI is InChI=1S/3C5H8O3.In/c3*1-5(2,3-6)4(7)8;/h3*3H,1-2H3,(H,7,8);/q;;;+3/p-3. The van der Waals surface area contributed by atoms with E-state index in [9.17, 15) is 28.8 Å². The average Bonchev–Trinajstić information content (AvgIpc) is 2.54. The Morgan fingerprint density at radius 2 is 0.800 bits per heavy atom. The zero-order valence-corrected chi connectivity index (χ0v) is 18.3. The van der Waals surface area contributed by atoms with Gasteiger partial charge in [0.25, 0.3) is 0 Å². The summed E-state index contributed by atoms with van der Waals surface area (Å²) in [7, 11) is 0. The summed E-state index contributed by atoms with van der Waals surface area (Å²) in [5, 5.41) is 0. The second kappa shape index (κ2) is 8.59. The van der Waals surface area contributed by atoms with Crippen LogP contribution in [-0.2, 0) is 37.3 Å². The van der Waals surface area contributed by atoms with Crippen molar-refractivity contribution in [3.05, 3.63) is 0 Å². The van der Waals surface area contributed by atoms with Gasteiger partial charge in [0.15, 0.2) is 0 Å². The summed E-state index contributed by atoms with van der Waals surface area (Å²) in [6, 6.07) is 0. The minimum absolute atomic E-state index is 0.326. The Bertz CT molecular complexity index is 497. The third-order valence-corrected chi connectivity index (χ3v) is 6.55. The van der Waals surface area contributed by atoms with Crippen molar-refractivity contribution in [2.75, 3.05) is 0 Å². The van der Waals surface area contributed by atoms with Crippen LogP contribution >= 0.6 is 0 Å². The second-order valence-electron chi connectivity index (χ2n) is 7.02. The Morgan fingerprint density at radius 3 is 0.960 bits per heavy atom. The second-order valence-corrected chi connectivity index (χ2v) is 10.7. The topological polar surface area (TPSA) is 130 Å². The Morgan fingerprint density at radius 1 is 0.600 bits per heavy atom. The molecule has 0 saturated carbocycles. The van der Waals surface area contributed by atoms with E-state index < -0.39 is 56.9 Å². The molecule has 0 aromatic heterocycles. The first-order valence-electron chi connectivity index (χ1n) is 7.25. The Labute approximate surface area is 154 Å². The molecule has 0 saturated heterocycles. The third kappa shape index (κ3) is 6.60. The quantitative estimate of drug-likeness (QED) is 0.352. The van der Waals surface area contributed by atoms with Gasteiger partial charge in [0.05, 0.1) is 0 Å². The molecule has 0 aliphatic heterocycles. The van der Waals surface area contributed by atoms with E-state index in [4.69, 9.17) is 8.56 Å². The van der Waals surface area contributed by atoms with Gasteiger partial charge in [0, 0.05) is 0 Å². The Balaban J connectivity index is 5.45. The molecule has 0 bridgehead atoms. The number of hydrogen-bond acceptors (Lipinski definition) is 9. The number of carbonyl (C=O) groups is 6. The fraction of sp³-hybridized carbons (Fsp3) is 0.600. The van der Waals surface area contributed by atoms with E-state index in [2.05, 4.69) is 0 Å². The molecule has 0 aromatic rings. The van der Waals surface area contributed by atoms with E-state index in [1.165, 1.54) is 41.5 Å². The van der Waals surface area contributed by atoms with Crippen LogP contribution < -0.4 is 0 Å². The van der Waals surface area contributed by atoms with Crippen LogP contribution in [0, 0.1) is 16.2 Å². The summed E-state index contributed by atoms with van der Waals surface area (Å²) < 4.78 is 14.8. The van der Waals surface area contributed by atoms with Crippen LogP contribution in [0.5, 0.6) is 0 Å². The van der Waals surface area contributed by atoms with Gasteiger partial charge in [-0.05, 0) is 0 Å². The Hall–Kier alpha value is -1.71. The zero-order valence-electron chi connectivity index (χ0n) is 15.0. The van der Waals surface area contributed by atoms with Crippen LogP contribution in [0.15, 0.2) is 0 Å². The SMILES string of the molecule is CC(C)(C=O)C(=O)[O][In]([O]C(=O)C(C)(C)C=O)[O]C(=O)C(C)(C)C=O. The van der Waals surface area contributed by atoms with Crippen LogP contribution in [0.4, 0.5) is 0 Å². The molecule has 0 aromatic carbocycles. The van der Waals surface area contributed by atoms with Gasteiger partial charge in [0.1, 0.15) is 0 Å². The van der Waals surface area contributed by atoms with Crippen molar-refractivity contribution in [2.45, 2.75) is 41.5 Å². The van der Waals surface area contributed by atoms with Crippen molar-refractivity contribution in [2.24, 2.45) is 16.2 Å². The molecule has 0 atom stereocenters. The maximum absolute atomic E-state index is 12.0. The summed E-state index contributed by atoms with van der Waals surface area (Å²) >= 11 is -4.60. The molecule has 0 spiro atoms. The predicted molar refractivity (Wildman–Crippen MR) is 83.6 cm³/mol. The molecule has 9 nitrogen and oxygen atoms in total. The van der Waals surface area contributed by atoms with Gasteiger partial charge >= 0.3 is 155 Å². The summed E-state index contributed by atoms with van der Waals surface area (Å²) in [6.45, 7) is 7.58. The van der Waals surface area contributed by atoms with Crippen molar-refractivity contribution >= 4 is 59.5 Å². The molecular formula is C15H21InO9. The van der Waals surface area contributed by atoms with Crippen molar-refractivity contribution in [1.82, 2.24) is 0 Å². The minimum atomic E-state index is -4.60. The van der Waals surface area contributed by atoms with Gasteiger partial charge in [-0.3, -0.25) is 0 Å². The van der Waals surface area contributed by atoms with Crippen LogP contribution in [0.3, 0.4) is 0 Å². The van der Waals surface area contributed by atoms with Gasteiger partial charge in [0.2, 0.25) is 0 Å². The van der Waals surface area contributed by atoms with Crippen LogP contribution in [0.25, 0.3) is 0 Å². The van der Waals surface area contributed by atoms with E-state index in [1.54, 1.807) is 0 Å². The van der Waals surface area contributed by atoms with Crippen molar-refractivity contribution in [1.29, 1.82) is 0 Å². The summed E-state index contributed by atoms with van der Waals surface area (Å²) in [5.74, 6) is -3.13. The molecule has 0 amide bonds. The van der Waals surface area contributed by atoms with Crippen molar-refractivity contribution in [3.8, 4) is 0 Å². The van der Waals surface area contributed by atoms with E-state index in [-0.39, 0.29) is 0 Å². The van der Waals surface area contributed by atoms with E-state index in [0.29, 0.717) is 18.9 Å². The molecule has 10 heteroatoms. The summed E-state index contributed by atoms with van der Waals surface area (Å²) in [6.07, 6.45) is 0.978. The molecule has 0 unspecified atom stereocenters. The molecule has 0 radical (unpaired) electrons. The first kappa shape index (κ1) is 23.3. The molecule has 0 heterocycles. The molecule has 25 heavy (non-hydrogen) atoms. The molecular weight excluding hydrogens is 439 g/mol. The monoisotopic (exact) mass is 460 g/mol. The number of aldehydes is 3. The molecule has 0 aliphatic carbocycles. The average molecular weight is 460 g/mol. The van der Waals surface area contributed by atoms with Gasteiger partial charge in [-0.15, -0.1) is 0 Å². The van der Waals surface area contributed by atoms with Gasteiger partial charge in [-0.25, -0.2) is 0 Å². The zero-order chi connectivity index (χ0) is 20.1. The first-order valence-corrected chi connectivity index (χ1v) is 11.3. The molecule has 138 valence electrons.